The molecule has 0 atom stereocenters. The first-order valence-corrected chi connectivity index (χ1v) is 8.02. The number of nitrogens with one attached hydrogen (secondary N) is 1. The minimum atomic E-state index is -1.06. The quantitative estimate of drug-likeness (QED) is 0.807. The van der Waals surface area contributed by atoms with Gasteiger partial charge < -0.3 is 20.2 Å². The summed E-state index contributed by atoms with van der Waals surface area (Å²) in [6, 6.07) is -0.265. The van der Waals surface area contributed by atoms with Crippen molar-refractivity contribution in [1.82, 2.24) is 15.1 Å². The molecule has 2 amide bonds. The number of hydrogen-bond donors (Lipinski definition) is 2. The van der Waals surface area contributed by atoms with E-state index in [2.05, 4.69) is 10.2 Å². The fraction of sp³-hybridized carbons (Fsp3) is 0.867. The molecule has 0 bridgehead atoms. The van der Waals surface area contributed by atoms with Gasteiger partial charge in [0.2, 0.25) is 0 Å². The van der Waals surface area contributed by atoms with Crippen molar-refractivity contribution in [3.63, 3.8) is 0 Å². The second kappa shape index (κ2) is 7.11. The summed E-state index contributed by atoms with van der Waals surface area (Å²) in [6.45, 7) is 3.72. The molecular weight excluding hydrogens is 270 g/mol. The molecule has 2 fully saturated rings. The molecule has 0 spiro atoms. The summed E-state index contributed by atoms with van der Waals surface area (Å²) in [6.07, 6.45) is 6.32. The first kappa shape index (κ1) is 16.1. The summed E-state index contributed by atoms with van der Waals surface area (Å²) in [7, 11) is 1.74. The topological polar surface area (TPSA) is 72.9 Å². The minimum Gasteiger partial charge on any atom is -0.480 e. The van der Waals surface area contributed by atoms with Crippen LogP contribution in [0.1, 0.15) is 44.9 Å². The lowest BCUT2D eigenvalue weighted by Crippen LogP contribution is -2.58. The third kappa shape index (κ3) is 4.09. The summed E-state index contributed by atoms with van der Waals surface area (Å²) in [5.74, 6) is -0.900. The van der Waals surface area contributed by atoms with Gasteiger partial charge in [-0.05, 0) is 38.8 Å². The Morgan fingerprint density at radius 3 is 2.33 bits per heavy atom. The molecule has 2 rings (SSSR count). The van der Waals surface area contributed by atoms with E-state index in [0.29, 0.717) is 19.4 Å². The van der Waals surface area contributed by atoms with Gasteiger partial charge in [0.15, 0.2) is 0 Å². The van der Waals surface area contributed by atoms with Gasteiger partial charge in [0, 0.05) is 20.1 Å². The molecule has 1 saturated heterocycles. The first-order chi connectivity index (χ1) is 10.0. The molecule has 2 N–H and O–H groups in total. The number of rotatable bonds is 5. The molecule has 0 radical (unpaired) electrons. The van der Waals surface area contributed by atoms with Gasteiger partial charge in [-0.15, -0.1) is 0 Å². The molecule has 0 aromatic carbocycles. The second-order valence-electron chi connectivity index (χ2n) is 6.35. The molecule has 21 heavy (non-hydrogen) atoms. The van der Waals surface area contributed by atoms with Gasteiger partial charge in [0.05, 0.1) is 0 Å². The normalized spacial score (nSPS) is 22.0. The third-order valence-electron chi connectivity index (χ3n) is 4.76. The van der Waals surface area contributed by atoms with Crippen LogP contribution in [0.2, 0.25) is 0 Å². The number of hydrogen-bond acceptors (Lipinski definition) is 3. The van der Waals surface area contributed by atoms with Crippen LogP contribution in [0.5, 0.6) is 0 Å². The highest BCUT2D eigenvalue weighted by atomic mass is 16.4. The Kier molecular flexibility index (Phi) is 5.45. The molecule has 1 aliphatic heterocycles. The molecule has 2 aliphatic rings. The van der Waals surface area contributed by atoms with E-state index in [9.17, 15) is 14.7 Å². The van der Waals surface area contributed by atoms with E-state index in [1.54, 1.807) is 11.9 Å². The molecular formula is C15H27N3O3. The zero-order chi connectivity index (χ0) is 15.3. The fourth-order valence-electron chi connectivity index (χ4n) is 3.25. The average Bonchev–Trinajstić information content (AvgIpc) is 2.98. The predicted molar refractivity (Wildman–Crippen MR) is 80.3 cm³/mol. The van der Waals surface area contributed by atoms with Gasteiger partial charge in [0.25, 0.3) is 0 Å². The summed E-state index contributed by atoms with van der Waals surface area (Å²) in [4.78, 5) is 27.8. The van der Waals surface area contributed by atoms with E-state index in [-0.39, 0.29) is 6.03 Å². The standard InChI is InChI=1S/C15H27N3O3/c1-17(11-12-18-9-5-6-10-18)14(21)16-15(13(19)20)7-3-2-4-8-15/h2-12H2,1H3,(H,16,21)(H,19,20). The van der Waals surface area contributed by atoms with Crippen LogP contribution in [-0.4, -0.2) is 65.7 Å². The van der Waals surface area contributed by atoms with Crippen molar-refractivity contribution in [2.45, 2.75) is 50.5 Å². The Bertz CT molecular complexity index is 374. The van der Waals surface area contributed by atoms with Crippen molar-refractivity contribution < 1.29 is 14.7 Å². The van der Waals surface area contributed by atoms with Crippen LogP contribution in [0.3, 0.4) is 0 Å². The molecule has 6 nitrogen and oxygen atoms in total. The lowest BCUT2D eigenvalue weighted by atomic mass is 9.82. The Morgan fingerprint density at radius 1 is 1.14 bits per heavy atom. The molecule has 120 valence electrons. The number of nitrogens with zero attached hydrogens (tertiary/aromatic N) is 2. The molecule has 1 aliphatic carbocycles. The Hall–Kier alpha value is -1.30. The highest BCUT2D eigenvalue weighted by Gasteiger charge is 2.41. The van der Waals surface area contributed by atoms with Crippen molar-refractivity contribution in [1.29, 1.82) is 0 Å². The van der Waals surface area contributed by atoms with E-state index < -0.39 is 11.5 Å². The molecule has 0 aromatic heterocycles. The van der Waals surface area contributed by atoms with Gasteiger partial charge in [0.1, 0.15) is 5.54 Å². The number of likely N-dealkylation sites (N-methyl/N-ethyl adjacent to an activating group) is 1. The number of likely N-dealkylation sites (tertiary alicyclic amines) is 1. The first-order valence-electron chi connectivity index (χ1n) is 8.02. The van der Waals surface area contributed by atoms with Crippen LogP contribution in [0.15, 0.2) is 0 Å². The number of carbonyl (C=O) groups excluding carboxylic acids is 1. The van der Waals surface area contributed by atoms with Gasteiger partial charge >= 0.3 is 12.0 Å². The van der Waals surface area contributed by atoms with E-state index in [1.807, 2.05) is 0 Å². The van der Waals surface area contributed by atoms with Crippen molar-refractivity contribution >= 4 is 12.0 Å². The molecule has 0 unspecified atom stereocenters. The fourth-order valence-corrected chi connectivity index (χ4v) is 3.25. The molecule has 0 aromatic rings. The van der Waals surface area contributed by atoms with Gasteiger partial charge in [-0.1, -0.05) is 19.3 Å². The van der Waals surface area contributed by atoms with E-state index in [1.165, 1.54) is 12.8 Å². The number of carboxylic acids is 1. The van der Waals surface area contributed by atoms with Crippen molar-refractivity contribution in [2.75, 3.05) is 33.2 Å². The molecule has 1 heterocycles. The zero-order valence-corrected chi connectivity index (χ0v) is 12.9. The Morgan fingerprint density at radius 2 is 1.76 bits per heavy atom. The Balaban J connectivity index is 1.84. The van der Waals surface area contributed by atoms with Gasteiger partial charge in [-0.2, -0.15) is 0 Å². The minimum absolute atomic E-state index is 0.265. The number of urea groups is 1. The number of carbonyl (C=O) groups is 2. The van der Waals surface area contributed by atoms with E-state index >= 15 is 0 Å². The maximum absolute atomic E-state index is 12.3. The van der Waals surface area contributed by atoms with Crippen molar-refractivity contribution in [2.24, 2.45) is 0 Å². The smallest absolute Gasteiger partial charge is 0.329 e. The van der Waals surface area contributed by atoms with Crippen LogP contribution in [0.25, 0.3) is 0 Å². The lowest BCUT2D eigenvalue weighted by molar-refractivity contribution is -0.145. The number of aliphatic carboxylic acids is 1. The van der Waals surface area contributed by atoms with Crippen molar-refractivity contribution in [3.8, 4) is 0 Å². The van der Waals surface area contributed by atoms with Gasteiger partial charge in [-0.25, -0.2) is 9.59 Å². The second-order valence-corrected chi connectivity index (χ2v) is 6.35. The van der Waals surface area contributed by atoms with Crippen LogP contribution in [0, 0.1) is 0 Å². The average molecular weight is 297 g/mol. The summed E-state index contributed by atoms with van der Waals surface area (Å²) in [5.41, 5.74) is -1.06. The third-order valence-corrected chi connectivity index (χ3v) is 4.76. The van der Waals surface area contributed by atoms with Crippen molar-refractivity contribution in [3.05, 3.63) is 0 Å². The highest BCUT2D eigenvalue weighted by molar-refractivity contribution is 5.86. The maximum atomic E-state index is 12.3. The molecule has 6 heteroatoms. The molecule has 1 saturated carbocycles. The van der Waals surface area contributed by atoms with Crippen LogP contribution >= 0.6 is 0 Å². The largest absolute Gasteiger partial charge is 0.480 e. The monoisotopic (exact) mass is 297 g/mol. The number of amides is 2. The van der Waals surface area contributed by atoms with Crippen LogP contribution < -0.4 is 5.32 Å². The Labute approximate surface area is 126 Å². The van der Waals surface area contributed by atoms with Gasteiger partial charge in [-0.3, -0.25) is 0 Å². The SMILES string of the molecule is CN(CCN1CCCC1)C(=O)NC1(C(=O)O)CCCCC1. The van der Waals surface area contributed by atoms with Crippen LogP contribution in [-0.2, 0) is 4.79 Å². The lowest BCUT2D eigenvalue weighted by Gasteiger charge is -2.35. The predicted octanol–water partition coefficient (Wildman–Crippen LogP) is 1.51. The summed E-state index contributed by atoms with van der Waals surface area (Å²) >= 11 is 0. The summed E-state index contributed by atoms with van der Waals surface area (Å²) < 4.78 is 0. The maximum Gasteiger partial charge on any atom is 0.329 e. The van der Waals surface area contributed by atoms with Crippen LogP contribution in [0.4, 0.5) is 4.79 Å². The van der Waals surface area contributed by atoms with E-state index in [4.69, 9.17) is 0 Å². The zero-order valence-electron chi connectivity index (χ0n) is 12.9. The number of carboxylic acid groups (broad SMARTS) is 1. The highest BCUT2D eigenvalue weighted by Crippen LogP contribution is 2.28. The summed E-state index contributed by atoms with van der Waals surface area (Å²) in [5, 5.41) is 12.3. The van der Waals surface area contributed by atoms with E-state index in [0.717, 1.165) is 38.9 Å².